The van der Waals surface area contributed by atoms with Crippen molar-refractivity contribution in [1.82, 2.24) is 10.2 Å². The molecule has 0 spiro atoms. The zero-order valence-corrected chi connectivity index (χ0v) is 14.0. The van der Waals surface area contributed by atoms with Crippen LogP contribution in [0.4, 0.5) is 4.79 Å². The third kappa shape index (κ3) is 3.91. The Kier molecular flexibility index (Phi) is 5.23. The van der Waals surface area contributed by atoms with Crippen molar-refractivity contribution in [1.29, 1.82) is 0 Å². The molecule has 2 rings (SSSR count). The topological polar surface area (TPSA) is 95.9 Å². The van der Waals surface area contributed by atoms with Crippen LogP contribution in [0.3, 0.4) is 0 Å². The molecule has 3 amide bonds. The quantitative estimate of drug-likeness (QED) is 0.797. The number of hydrogen-bond donors (Lipinski definition) is 2. The first-order valence-electron chi connectivity index (χ1n) is 7.79. The van der Waals surface area contributed by atoms with Crippen molar-refractivity contribution >= 4 is 17.9 Å². The van der Waals surface area contributed by atoms with E-state index in [1.54, 1.807) is 45.0 Å². The number of ether oxygens (including phenoxy) is 1. The number of fused-ring (bicyclic) bond motifs is 1. The van der Waals surface area contributed by atoms with Crippen molar-refractivity contribution in [3.63, 3.8) is 0 Å². The minimum Gasteiger partial charge on any atom is -0.444 e. The van der Waals surface area contributed by atoms with Crippen LogP contribution < -0.4 is 5.32 Å². The lowest BCUT2D eigenvalue weighted by Crippen LogP contribution is -2.48. The van der Waals surface area contributed by atoms with Crippen LogP contribution in [0.5, 0.6) is 0 Å². The molecule has 2 N–H and O–H groups in total. The fourth-order valence-corrected chi connectivity index (χ4v) is 2.53. The van der Waals surface area contributed by atoms with E-state index in [0.717, 1.165) is 4.90 Å². The van der Waals surface area contributed by atoms with Crippen LogP contribution in [0.1, 0.15) is 47.9 Å². The summed E-state index contributed by atoms with van der Waals surface area (Å²) in [5.74, 6) is -0.833. The van der Waals surface area contributed by atoms with Gasteiger partial charge in [0, 0.05) is 13.2 Å². The normalized spacial score (nSPS) is 15.2. The second-order valence-electron chi connectivity index (χ2n) is 6.57. The van der Waals surface area contributed by atoms with E-state index in [1.165, 1.54) is 0 Å². The zero-order chi connectivity index (χ0) is 17.9. The van der Waals surface area contributed by atoms with E-state index in [0.29, 0.717) is 11.1 Å². The number of hydrogen-bond acceptors (Lipinski definition) is 5. The first kappa shape index (κ1) is 17.9. The molecule has 7 heteroatoms. The highest BCUT2D eigenvalue weighted by atomic mass is 16.6. The molecule has 1 aromatic rings. The molecule has 130 valence electrons. The summed E-state index contributed by atoms with van der Waals surface area (Å²) in [5.41, 5.74) is 0.0249. The zero-order valence-electron chi connectivity index (χ0n) is 14.0. The minimum atomic E-state index is -0.647. The van der Waals surface area contributed by atoms with Gasteiger partial charge >= 0.3 is 6.09 Å². The second kappa shape index (κ2) is 7.00. The van der Waals surface area contributed by atoms with E-state index in [-0.39, 0.29) is 19.6 Å². The van der Waals surface area contributed by atoms with E-state index < -0.39 is 29.6 Å². The van der Waals surface area contributed by atoms with Gasteiger partial charge < -0.3 is 15.2 Å². The maximum absolute atomic E-state index is 12.5. The van der Waals surface area contributed by atoms with Gasteiger partial charge in [0.1, 0.15) is 5.60 Å². The lowest BCUT2D eigenvalue weighted by molar-refractivity contribution is 0.0453. The number of amides is 3. The Morgan fingerprint density at radius 2 is 1.75 bits per heavy atom. The number of nitrogens with zero attached hydrogens (tertiary/aromatic N) is 1. The molecule has 0 fully saturated rings. The summed E-state index contributed by atoms with van der Waals surface area (Å²) in [5, 5.41) is 11.8. The molecular formula is C17H22N2O5. The van der Waals surface area contributed by atoms with Gasteiger partial charge in [-0.2, -0.15) is 0 Å². The summed E-state index contributed by atoms with van der Waals surface area (Å²) in [6.45, 7) is 5.01. The molecule has 0 bridgehead atoms. The number of aliphatic hydroxyl groups excluding tert-OH is 1. The second-order valence-corrected chi connectivity index (χ2v) is 6.57. The summed E-state index contributed by atoms with van der Waals surface area (Å²) in [7, 11) is 0. The van der Waals surface area contributed by atoms with Gasteiger partial charge in [0.25, 0.3) is 11.8 Å². The monoisotopic (exact) mass is 334 g/mol. The maximum Gasteiger partial charge on any atom is 0.407 e. The predicted octanol–water partition coefficient (Wildman–Crippen LogP) is 1.56. The fourth-order valence-electron chi connectivity index (χ4n) is 2.53. The molecule has 1 aromatic carbocycles. The highest BCUT2D eigenvalue weighted by Crippen LogP contribution is 2.25. The summed E-state index contributed by atoms with van der Waals surface area (Å²) >= 11 is 0. The third-order valence-corrected chi connectivity index (χ3v) is 3.53. The summed E-state index contributed by atoms with van der Waals surface area (Å²) in [6.07, 6.45) is -0.469. The molecule has 0 aromatic heterocycles. The van der Waals surface area contributed by atoms with E-state index in [9.17, 15) is 19.5 Å². The van der Waals surface area contributed by atoms with Gasteiger partial charge in [-0.1, -0.05) is 12.1 Å². The Hall–Kier alpha value is -2.41. The number of rotatable bonds is 5. The molecule has 1 unspecified atom stereocenters. The number of imide groups is 1. The smallest absolute Gasteiger partial charge is 0.407 e. The standard InChI is InChI=1S/C17H22N2O5/c1-17(2,3)24-16(23)18-10-11(8-9-20)19-14(21)12-6-4-5-7-13(12)15(19)22/h4-7,11,20H,8-10H2,1-3H3,(H,18,23). The Morgan fingerprint density at radius 1 is 1.21 bits per heavy atom. The molecule has 0 aliphatic carbocycles. The number of carbonyl (C=O) groups excluding carboxylic acids is 3. The number of carbonyl (C=O) groups is 3. The van der Waals surface area contributed by atoms with Gasteiger partial charge in [0.05, 0.1) is 17.2 Å². The van der Waals surface area contributed by atoms with Crippen LogP contribution in [0.15, 0.2) is 24.3 Å². The Morgan fingerprint density at radius 3 is 2.21 bits per heavy atom. The molecule has 1 aliphatic heterocycles. The molecule has 7 nitrogen and oxygen atoms in total. The van der Waals surface area contributed by atoms with Crippen LogP contribution in [-0.4, -0.2) is 52.7 Å². The van der Waals surface area contributed by atoms with Gasteiger partial charge in [-0.25, -0.2) is 4.79 Å². The summed E-state index contributed by atoms with van der Waals surface area (Å²) < 4.78 is 5.14. The molecule has 0 saturated carbocycles. The highest BCUT2D eigenvalue weighted by molar-refractivity contribution is 6.21. The average Bonchev–Trinajstić information content (AvgIpc) is 2.74. The highest BCUT2D eigenvalue weighted by Gasteiger charge is 2.39. The predicted molar refractivity (Wildman–Crippen MR) is 86.7 cm³/mol. The Balaban J connectivity index is 2.10. The van der Waals surface area contributed by atoms with E-state index in [2.05, 4.69) is 5.32 Å². The third-order valence-electron chi connectivity index (χ3n) is 3.53. The molecule has 1 atom stereocenters. The first-order valence-corrected chi connectivity index (χ1v) is 7.79. The van der Waals surface area contributed by atoms with Gasteiger partial charge in [0.15, 0.2) is 0 Å². The largest absolute Gasteiger partial charge is 0.444 e. The first-order chi connectivity index (χ1) is 11.2. The van der Waals surface area contributed by atoms with Gasteiger partial charge in [-0.05, 0) is 39.3 Å². The number of aliphatic hydroxyl groups is 1. The number of alkyl carbamates (subject to hydrolysis) is 1. The number of nitrogens with one attached hydrogen (secondary N) is 1. The summed E-state index contributed by atoms with van der Waals surface area (Å²) in [6, 6.07) is 5.91. The molecule has 1 aliphatic rings. The van der Waals surface area contributed by atoms with Crippen molar-refractivity contribution in [3.05, 3.63) is 35.4 Å². The van der Waals surface area contributed by atoms with Crippen LogP contribution >= 0.6 is 0 Å². The Bertz CT molecular complexity index is 616. The average molecular weight is 334 g/mol. The molecule has 0 radical (unpaired) electrons. The Labute approximate surface area is 140 Å². The minimum absolute atomic E-state index is 0.0148. The van der Waals surface area contributed by atoms with Crippen LogP contribution in [0, 0.1) is 0 Å². The van der Waals surface area contributed by atoms with Gasteiger partial charge in [-0.3, -0.25) is 14.5 Å². The van der Waals surface area contributed by atoms with Crippen molar-refractivity contribution < 1.29 is 24.2 Å². The molecule has 24 heavy (non-hydrogen) atoms. The lowest BCUT2D eigenvalue weighted by atomic mass is 10.1. The lowest BCUT2D eigenvalue weighted by Gasteiger charge is -2.27. The van der Waals surface area contributed by atoms with E-state index in [1.807, 2.05) is 0 Å². The molecule has 0 saturated heterocycles. The van der Waals surface area contributed by atoms with Gasteiger partial charge in [0.2, 0.25) is 0 Å². The van der Waals surface area contributed by atoms with Crippen LogP contribution in [0.25, 0.3) is 0 Å². The van der Waals surface area contributed by atoms with E-state index in [4.69, 9.17) is 4.74 Å². The molecule has 1 heterocycles. The van der Waals surface area contributed by atoms with E-state index >= 15 is 0 Å². The SMILES string of the molecule is CC(C)(C)OC(=O)NCC(CCO)N1C(=O)c2ccccc2C1=O. The van der Waals surface area contributed by atoms with Crippen molar-refractivity contribution in [2.75, 3.05) is 13.2 Å². The van der Waals surface area contributed by atoms with Crippen molar-refractivity contribution in [2.24, 2.45) is 0 Å². The van der Waals surface area contributed by atoms with Crippen LogP contribution in [-0.2, 0) is 4.74 Å². The van der Waals surface area contributed by atoms with Crippen LogP contribution in [0.2, 0.25) is 0 Å². The summed E-state index contributed by atoms with van der Waals surface area (Å²) in [4.78, 5) is 37.8. The molecular weight excluding hydrogens is 312 g/mol. The van der Waals surface area contributed by atoms with Gasteiger partial charge in [-0.15, -0.1) is 0 Å². The van der Waals surface area contributed by atoms with Crippen molar-refractivity contribution in [2.45, 2.75) is 38.8 Å². The maximum atomic E-state index is 12.5. The van der Waals surface area contributed by atoms with Crippen molar-refractivity contribution in [3.8, 4) is 0 Å². The fraction of sp³-hybridized carbons (Fsp3) is 0.471. The number of benzene rings is 1.